The maximum Gasteiger partial charge on any atom is 0.241 e. The van der Waals surface area contributed by atoms with Crippen molar-refractivity contribution in [3.63, 3.8) is 0 Å². The van der Waals surface area contributed by atoms with Gasteiger partial charge in [-0.15, -0.1) is 0 Å². The first-order chi connectivity index (χ1) is 8.95. The van der Waals surface area contributed by atoms with Gasteiger partial charge in [-0.25, -0.2) is 0 Å². The van der Waals surface area contributed by atoms with E-state index >= 15 is 0 Å². The minimum Gasteiger partial charge on any atom is -0.370 e. The van der Waals surface area contributed by atoms with E-state index in [0.717, 1.165) is 0 Å². The van der Waals surface area contributed by atoms with Crippen molar-refractivity contribution >= 4 is 17.8 Å². The fraction of sp³-hybridized carbons (Fsp3) is 0.727. The van der Waals surface area contributed by atoms with E-state index in [9.17, 15) is 9.59 Å². The number of nitrogens with two attached hydrogens (primary N) is 3. The van der Waals surface area contributed by atoms with Gasteiger partial charge >= 0.3 is 0 Å². The number of carbonyl (C=O) groups excluding carboxylic acids is 2. The standard InChI is InChI=1S/C11H22N6O2/c1-2-17-6-7(9(12)18)16-10(19)8(17)4-3-5-15-11(13)14/h7-8H,2-6H2,1H3,(H2,12,18)(H,16,19)(H4,13,14,15)/t7?,8-/m0/s1. The molecule has 0 saturated carbocycles. The molecule has 108 valence electrons. The van der Waals surface area contributed by atoms with Gasteiger partial charge < -0.3 is 22.5 Å². The Morgan fingerprint density at radius 1 is 1.47 bits per heavy atom. The summed E-state index contributed by atoms with van der Waals surface area (Å²) in [5.74, 6) is -0.624. The van der Waals surface area contributed by atoms with E-state index in [1.54, 1.807) is 0 Å². The summed E-state index contributed by atoms with van der Waals surface area (Å²) >= 11 is 0. The SMILES string of the molecule is CCN1CC(C(N)=O)NC(=O)[C@@H]1CCCN=C(N)N. The van der Waals surface area contributed by atoms with Crippen LogP contribution in [0.5, 0.6) is 0 Å². The Kier molecular flexibility index (Phi) is 5.56. The Balaban J connectivity index is 2.54. The lowest BCUT2D eigenvalue weighted by molar-refractivity contribution is -0.136. The predicted molar refractivity (Wildman–Crippen MR) is 72.1 cm³/mol. The molecule has 2 atom stereocenters. The summed E-state index contributed by atoms with van der Waals surface area (Å²) in [4.78, 5) is 28.9. The van der Waals surface area contributed by atoms with Crippen LogP contribution in [0, 0.1) is 0 Å². The lowest BCUT2D eigenvalue weighted by Crippen LogP contribution is -2.63. The van der Waals surface area contributed by atoms with Gasteiger partial charge in [0.25, 0.3) is 0 Å². The van der Waals surface area contributed by atoms with E-state index in [1.165, 1.54) is 0 Å². The van der Waals surface area contributed by atoms with E-state index in [0.29, 0.717) is 32.5 Å². The average Bonchev–Trinajstić information content (AvgIpc) is 2.34. The Hall–Kier alpha value is -1.83. The molecule has 1 aliphatic rings. The zero-order chi connectivity index (χ0) is 14.4. The second-order valence-corrected chi connectivity index (χ2v) is 4.52. The Labute approximate surface area is 112 Å². The highest BCUT2D eigenvalue weighted by Gasteiger charge is 2.35. The molecule has 2 amide bonds. The minimum absolute atomic E-state index is 0.0502. The number of piperazine rings is 1. The maximum atomic E-state index is 12.0. The van der Waals surface area contributed by atoms with E-state index in [1.807, 2.05) is 11.8 Å². The van der Waals surface area contributed by atoms with Gasteiger partial charge in [-0.1, -0.05) is 6.92 Å². The molecule has 19 heavy (non-hydrogen) atoms. The van der Waals surface area contributed by atoms with Crippen molar-refractivity contribution in [2.24, 2.45) is 22.2 Å². The molecular formula is C11H22N6O2. The van der Waals surface area contributed by atoms with Crippen LogP contribution in [0.25, 0.3) is 0 Å². The number of nitrogens with zero attached hydrogens (tertiary/aromatic N) is 2. The van der Waals surface area contributed by atoms with Crippen molar-refractivity contribution < 1.29 is 9.59 Å². The molecular weight excluding hydrogens is 248 g/mol. The van der Waals surface area contributed by atoms with Crippen LogP contribution < -0.4 is 22.5 Å². The number of primary amides is 1. The molecule has 8 nitrogen and oxygen atoms in total. The van der Waals surface area contributed by atoms with E-state index in [-0.39, 0.29) is 17.9 Å². The number of nitrogens with one attached hydrogen (secondary N) is 1. The molecule has 0 aromatic rings. The molecule has 1 aliphatic heterocycles. The van der Waals surface area contributed by atoms with E-state index in [2.05, 4.69) is 10.3 Å². The lowest BCUT2D eigenvalue weighted by atomic mass is 10.0. The molecule has 1 saturated heterocycles. The molecule has 1 heterocycles. The number of guanidine groups is 1. The summed E-state index contributed by atoms with van der Waals surface area (Å²) in [6.07, 6.45) is 1.34. The predicted octanol–water partition coefficient (Wildman–Crippen LogP) is -2.29. The van der Waals surface area contributed by atoms with Gasteiger partial charge in [0.15, 0.2) is 5.96 Å². The summed E-state index contributed by atoms with van der Waals surface area (Å²) in [7, 11) is 0. The summed E-state index contributed by atoms with van der Waals surface area (Å²) in [5.41, 5.74) is 15.7. The van der Waals surface area contributed by atoms with Gasteiger partial charge in [0.2, 0.25) is 11.8 Å². The zero-order valence-corrected chi connectivity index (χ0v) is 11.1. The zero-order valence-electron chi connectivity index (χ0n) is 11.1. The van der Waals surface area contributed by atoms with Gasteiger partial charge in [0.05, 0.1) is 6.04 Å². The van der Waals surface area contributed by atoms with Gasteiger partial charge in [0.1, 0.15) is 6.04 Å². The quantitative estimate of drug-likeness (QED) is 0.244. The van der Waals surface area contributed by atoms with Crippen molar-refractivity contribution in [2.45, 2.75) is 31.8 Å². The fourth-order valence-corrected chi connectivity index (χ4v) is 2.16. The molecule has 0 spiro atoms. The third-order valence-electron chi connectivity index (χ3n) is 3.16. The van der Waals surface area contributed by atoms with Crippen molar-refractivity contribution in [3.05, 3.63) is 0 Å². The molecule has 1 fully saturated rings. The number of carbonyl (C=O) groups is 2. The molecule has 0 aliphatic carbocycles. The number of aliphatic imine (C=N–C) groups is 1. The van der Waals surface area contributed by atoms with Crippen LogP contribution in [0.15, 0.2) is 4.99 Å². The molecule has 0 radical (unpaired) electrons. The smallest absolute Gasteiger partial charge is 0.241 e. The van der Waals surface area contributed by atoms with Crippen LogP contribution in [0.2, 0.25) is 0 Å². The van der Waals surface area contributed by atoms with Crippen molar-refractivity contribution in [1.29, 1.82) is 0 Å². The molecule has 1 unspecified atom stereocenters. The molecule has 8 heteroatoms. The van der Waals surface area contributed by atoms with Crippen molar-refractivity contribution in [1.82, 2.24) is 10.2 Å². The van der Waals surface area contributed by atoms with Gasteiger partial charge in [-0.2, -0.15) is 0 Å². The van der Waals surface area contributed by atoms with Gasteiger partial charge in [-0.05, 0) is 19.4 Å². The summed E-state index contributed by atoms with van der Waals surface area (Å²) in [5, 5.41) is 2.64. The molecule has 0 bridgehead atoms. The second-order valence-electron chi connectivity index (χ2n) is 4.52. The number of hydrogen-bond acceptors (Lipinski definition) is 4. The normalized spacial score (nSPS) is 23.7. The number of likely N-dealkylation sites (N-methyl/N-ethyl adjacent to an activating group) is 1. The van der Waals surface area contributed by atoms with Crippen LogP contribution in [-0.4, -0.2) is 54.4 Å². The number of hydrogen-bond donors (Lipinski definition) is 4. The fourth-order valence-electron chi connectivity index (χ4n) is 2.16. The first-order valence-corrected chi connectivity index (χ1v) is 6.34. The first-order valence-electron chi connectivity index (χ1n) is 6.34. The highest BCUT2D eigenvalue weighted by atomic mass is 16.2. The largest absolute Gasteiger partial charge is 0.370 e. The van der Waals surface area contributed by atoms with Gasteiger partial charge in [0, 0.05) is 13.1 Å². The Morgan fingerprint density at radius 2 is 2.16 bits per heavy atom. The number of rotatable bonds is 6. The number of amides is 2. The molecule has 0 aromatic carbocycles. The monoisotopic (exact) mass is 270 g/mol. The highest BCUT2D eigenvalue weighted by molar-refractivity contribution is 5.90. The van der Waals surface area contributed by atoms with E-state index < -0.39 is 11.9 Å². The second kappa shape index (κ2) is 6.93. The van der Waals surface area contributed by atoms with Crippen LogP contribution >= 0.6 is 0 Å². The lowest BCUT2D eigenvalue weighted by Gasteiger charge is -2.37. The maximum absolute atomic E-state index is 12.0. The van der Waals surface area contributed by atoms with Crippen LogP contribution in [0.1, 0.15) is 19.8 Å². The van der Waals surface area contributed by atoms with Crippen molar-refractivity contribution in [2.75, 3.05) is 19.6 Å². The minimum atomic E-state index is -0.610. The average molecular weight is 270 g/mol. The summed E-state index contributed by atoms with van der Waals surface area (Å²) in [6.45, 7) is 3.57. The third kappa shape index (κ3) is 4.40. The van der Waals surface area contributed by atoms with Crippen LogP contribution in [0.4, 0.5) is 0 Å². The van der Waals surface area contributed by atoms with Gasteiger partial charge in [-0.3, -0.25) is 19.5 Å². The molecule has 0 aromatic heterocycles. The molecule has 7 N–H and O–H groups in total. The van der Waals surface area contributed by atoms with Crippen LogP contribution in [0.3, 0.4) is 0 Å². The topological polar surface area (TPSA) is 140 Å². The summed E-state index contributed by atoms with van der Waals surface area (Å²) < 4.78 is 0. The van der Waals surface area contributed by atoms with E-state index in [4.69, 9.17) is 17.2 Å². The van der Waals surface area contributed by atoms with Crippen molar-refractivity contribution in [3.8, 4) is 0 Å². The third-order valence-corrected chi connectivity index (χ3v) is 3.16. The molecule has 1 rings (SSSR count). The highest BCUT2D eigenvalue weighted by Crippen LogP contribution is 2.13. The summed E-state index contributed by atoms with van der Waals surface area (Å²) in [6, 6.07) is -0.865. The Bertz CT molecular complexity index is 366. The Morgan fingerprint density at radius 3 is 2.68 bits per heavy atom. The first kappa shape index (κ1) is 15.2. The van der Waals surface area contributed by atoms with Crippen LogP contribution in [-0.2, 0) is 9.59 Å².